The number of rotatable bonds is 4. The van der Waals surface area contributed by atoms with Crippen molar-refractivity contribution in [1.29, 1.82) is 0 Å². The fourth-order valence-corrected chi connectivity index (χ4v) is 2.97. The highest BCUT2D eigenvalue weighted by atomic mass is 32.2. The van der Waals surface area contributed by atoms with Crippen LogP contribution < -0.4 is 11.1 Å². The minimum absolute atomic E-state index is 0.00459. The second-order valence-corrected chi connectivity index (χ2v) is 5.96. The maximum Gasteiger partial charge on any atom is 0.328 e. The van der Waals surface area contributed by atoms with Gasteiger partial charge in [0.2, 0.25) is 11.8 Å². The van der Waals surface area contributed by atoms with Crippen molar-refractivity contribution in [2.75, 3.05) is 11.1 Å². The van der Waals surface area contributed by atoms with Crippen LogP contribution in [0.2, 0.25) is 0 Å². The molecule has 1 saturated heterocycles. The number of aryl methyl sites for hydroxylation is 1. The SMILES string of the molecule is Cc1ccccc1NC(=O)CSC1CC(=O)N(C(N)=O)C1=O. The predicted octanol–water partition coefficient (Wildman–Crippen LogP) is 0.873. The summed E-state index contributed by atoms with van der Waals surface area (Å²) in [6.45, 7) is 1.87. The summed E-state index contributed by atoms with van der Waals surface area (Å²) < 4.78 is 0. The Morgan fingerprint density at radius 3 is 2.64 bits per heavy atom. The molecule has 3 N–H and O–H groups in total. The normalized spacial score (nSPS) is 17.7. The molecular weight excluding hydrogens is 306 g/mol. The monoisotopic (exact) mass is 321 g/mol. The number of benzene rings is 1. The van der Waals surface area contributed by atoms with Crippen molar-refractivity contribution in [2.45, 2.75) is 18.6 Å². The largest absolute Gasteiger partial charge is 0.351 e. The molecule has 0 radical (unpaired) electrons. The van der Waals surface area contributed by atoms with Gasteiger partial charge in [0.25, 0.3) is 5.91 Å². The summed E-state index contributed by atoms with van der Waals surface area (Å²) in [6.07, 6.45) is -0.121. The summed E-state index contributed by atoms with van der Waals surface area (Å²) in [5, 5.41) is 1.99. The lowest BCUT2D eigenvalue weighted by molar-refractivity contribution is -0.134. The van der Waals surface area contributed by atoms with Crippen LogP contribution in [-0.4, -0.2) is 39.7 Å². The zero-order chi connectivity index (χ0) is 16.3. The maximum atomic E-state index is 11.9. The van der Waals surface area contributed by atoms with Gasteiger partial charge in [-0.2, -0.15) is 4.90 Å². The number of nitrogens with two attached hydrogens (primary N) is 1. The zero-order valence-corrected chi connectivity index (χ0v) is 12.7. The van der Waals surface area contributed by atoms with Crippen LogP contribution in [0, 0.1) is 6.92 Å². The van der Waals surface area contributed by atoms with E-state index in [1.807, 2.05) is 19.1 Å². The van der Waals surface area contributed by atoms with E-state index in [0.717, 1.165) is 17.3 Å². The molecule has 2 rings (SSSR count). The van der Waals surface area contributed by atoms with Gasteiger partial charge in [-0.05, 0) is 18.6 Å². The number of hydrogen-bond acceptors (Lipinski definition) is 5. The van der Waals surface area contributed by atoms with E-state index in [4.69, 9.17) is 5.73 Å². The van der Waals surface area contributed by atoms with Gasteiger partial charge >= 0.3 is 6.03 Å². The number of likely N-dealkylation sites (tertiary alicyclic amines) is 1. The van der Waals surface area contributed by atoms with E-state index in [0.29, 0.717) is 10.6 Å². The molecule has 1 aromatic carbocycles. The van der Waals surface area contributed by atoms with E-state index < -0.39 is 23.1 Å². The van der Waals surface area contributed by atoms with Crippen LogP contribution in [0.3, 0.4) is 0 Å². The van der Waals surface area contributed by atoms with E-state index in [9.17, 15) is 19.2 Å². The molecule has 1 heterocycles. The van der Waals surface area contributed by atoms with Crippen molar-refractivity contribution < 1.29 is 19.2 Å². The highest BCUT2D eigenvalue weighted by molar-refractivity contribution is 8.01. The van der Waals surface area contributed by atoms with Crippen LogP contribution in [0.25, 0.3) is 0 Å². The Hall–Kier alpha value is -2.35. The first kappa shape index (κ1) is 16.0. The van der Waals surface area contributed by atoms with Crippen molar-refractivity contribution >= 4 is 41.2 Å². The Balaban J connectivity index is 1.90. The van der Waals surface area contributed by atoms with Gasteiger partial charge in [0.1, 0.15) is 0 Å². The molecule has 0 bridgehead atoms. The van der Waals surface area contributed by atoms with Crippen LogP contribution >= 0.6 is 11.8 Å². The molecule has 5 amide bonds. The first-order valence-corrected chi connectivity index (χ1v) is 7.58. The molecule has 1 atom stereocenters. The number of para-hydroxylation sites is 1. The van der Waals surface area contributed by atoms with Crippen LogP contribution in [0.5, 0.6) is 0 Å². The number of nitrogens with zero attached hydrogens (tertiary/aromatic N) is 1. The summed E-state index contributed by atoms with van der Waals surface area (Å²) in [6, 6.07) is 6.23. The number of carbonyl (C=O) groups is 4. The van der Waals surface area contributed by atoms with Gasteiger partial charge in [-0.15, -0.1) is 11.8 Å². The molecule has 1 fully saturated rings. The molecule has 0 spiro atoms. The summed E-state index contributed by atoms with van der Waals surface area (Å²) in [5.41, 5.74) is 6.59. The lowest BCUT2D eigenvalue weighted by Gasteiger charge is -2.11. The van der Waals surface area contributed by atoms with Gasteiger partial charge in [0, 0.05) is 12.1 Å². The third-order valence-electron chi connectivity index (χ3n) is 3.16. The molecule has 0 aromatic heterocycles. The third-order valence-corrected chi connectivity index (χ3v) is 4.36. The standard InChI is InChI=1S/C14H15N3O4S/c1-8-4-2-3-5-9(8)16-11(18)7-22-10-6-12(19)17(13(10)20)14(15)21/h2-5,10H,6-7H2,1H3,(H2,15,21)(H,16,18). The molecule has 8 heteroatoms. The van der Waals surface area contributed by atoms with E-state index in [2.05, 4.69) is 5.32 Å². The van der Waals surface area contributed by atoms with Crippen molar-refractivity contribution in [2.24, 2.45) is 5.73 Å². The van der Waals surface area contributed by atoms with Crippen molar-refractivity contribution in [1.82, 2.24) is 4.90 Å². The van der Waals surface area contributed by atoms with Crippen LogP contribution in [0.4, 0.5) is 10.5 Å². The number of nitrogens with one attached hydrogen (secondary N) is 1. The molecule has 1 unspecified atom stereocenters. The van der Waals surface area contributed by atoms with Crippen LogP contribution in [-0.2, 0) is 14.4 Å². The molecule has 1 aliphatic heterocycles. The van der Waals surface area contributed by atoms with E-state index in [1.54, 1.807) is 12.1 Å². The highest BCUT2D eigenvalue weighted by Gasteiger charge is 2.42. The molecule has 22 heavy (non-hydrogen) atoms. The molecule has 7 nitrogen and oxygen atoms in total. The van der Waals surface area contributed by atoms with E-state index >= 15 is 0 Å². The lowest BCUT2D eigenvalue weighted by Crippen LogP contribution is -2.41. The van der Waals surface area contributed by atoms with E-state index in [1.165, 1.54) is 0 Å². The maximum absolute atomic E-state index is 11.9. The van der Waals surface area contributed by atoms with Crippen molar-refractivity contribution in [3.63, 3.8) is 0 Å². The Bertz CT molecular complexity index is 647. The summed E-state index contributed by atoms with van der Waals surface area (Å²) >= 11 is 1.02. The summed E-state index contributed by atoms with van der Waals surface area (Å²) in [5.74, 6) is -1.57. The Labute approximate surface area is 131 Å². The van der Waals surface area contributed by atoms with Crippen molar-refractivity contribution in [3.05, 3.63) is 29.8 Å². The quantitative estimate of drug-likeness (QED) is 0.800. The topological polar surface area (TPSA) is 110 Å². The van der Waals surface area contributed by atoms with Gasteiger partial charge in [0.05, 0.1) is 11.0 Å². The molecule has 0 aliphatic carbocycles. The van der Waals surface area contributed by atoms with Gasteiger partial charge in [-0.25, -0.2) is 4.79 Å². The third kappa shape index (κ3) is 3.45. The summed E-state index contributed by atoms with van der Waals surface area (Å²) in [7, 11) is 0. The first-order chi connectivity index (χ1) is 10.4. The fourth-order valence-electron chi connectivity index (χ4n) is 2.04. The lowest BCUT2D eigenvalue weighted by atomic mass is 10.2. The average Bonchev–Trinajstić information content (AvgIpc) is 2.73. The highest BCUT2D eigenvalue weighted by Crippen LogP contribution is 2.25. The van der Waals surface area contributed by atoms with E-state index in [-0.39, 0.29) is 18.1 Å². The minimum Gasteiger partial charge on any atom is -0.351 e. The Morgan fingerprint density at radius 2 is 2.05 bits per heavy atom. The molecule has 0 saturated carbocycles. The zero-order valence-electron chi connectivity index (χ0n) is 11.9. The number of amides is 5. The van der Waals surface area contributed by atoms with Crippen LogP contribution in [0.1, 0.15) is 12.0 Å². The molecule has 1 aliphatic rings. The molecule has 116 valence electrons. The minimum atomic E-state index is -1.08. The van der Waals surface area contributed by atoms with Crippen LogP contribution in [0.15, 0.2) is 24.3 Å². The number of anilines is 1. The number of urea groups is 1. The molecule has 1 aromatic rings. The number of primary amides is 1. The van der Waals surface area contributed by atoms with Gasteiger partial charge in [-0.3, -0.25) is 14.4 Å². The second-order valence-electron chi connectivity index (χ2n) is 4.77. The molecular formula is C14H15N3O4S. The number of thioether (sulfide) groups is 1. The Morgan fingerprint density at radius 1 is 1.36 bits per heavy atom. The van der Waals surface area contributed by atoms with Crippen molar-refractivity contribution in [3.8, 4) is 0 Å². The van der Waals surface area contributed by atoms with Gasteiger partial charge in [-0.1, -0.05) is 18.2 Å². The van der Waals surface area contributed by atoms with Gasteiger partial charge in [0.15, 0.2) is 0 Å². The summed E-state index contributed by atoms with van der Waals surface area (Å²) in [4.78, 5) is 46.7. The average molecular weight is 321 g/mol. The number of imide groups is 3. The van der Waals surface area contributed by atoms with Gasteiger partial charge < -0.3 is 11.1 Å². The second kappa shape index (κ2) is 6.61. The predicted molar refractivity (Wildman–Crippen MR) is 82.1 cm³/mol. The first-order valence-electron chi connectivity index (χ1n) is 6.53. The smallest absolute Gasteiger partial charge is 0.328 e. The number of carbonyl (C=O) groups excluding carboxylic acids is 4. The fraction of sp³-hybridized carbons (Fsp3) is 0.286. The number of hydrogen-bond donors (Lipinski definition) is 2. The Kier molecular flexibility index (Phi) is 4.81.